The summed E-state index contributed by atoms with van der Waals surface area (Å²) in [6.45, 7) is 1.42. The minimum Gasteiger partial charge on any atom is -0.326 e. The minimum absolute atomic E-state index is 0.139. The third-order valence-electron chi connectivity index (χ3n) is 3.60. The average molecular weight is 387 g/mol. The second-order valence-electron chi connectivity index (χ2n) is 5.77. The first-order valence-electron chi connectivity index (χ1n) is 7.98. The molecule has 0 aliphatic carbocycles. The van der Waals surface area contributed by atoms with E-state index in [0.717, 1.165) is 17.7 Å². The van der Waals surface area contributed by atoms with Crippen molar-refractivity contribution in [1.29, 1.82) is 0 Å². The summed E-state index contributed by atoms with van der Waals surface area (Å²) in [5.41, 5.74) is 2.31. The Labute approximate surface area is 158 Å². The van der Waals surface area contributed by atoms with Gasteiger partial charge in [0.2, 0.25) is 11.8 Å². The maximum Gasteiger partial charge on any atom is 0.230 e. The molecule has 0 unspecified atom stereocenters. The maximum absolute atomic E-state index is 13.3. The normalized spacial score (nSPS) is 10.5. The van der Waals surface area contributed by atoms with Crippen LogP contribution in [0.5, 0.6) is 0 Å². The topological polar surface area (TPSA) is 71.1 Å². The zero-order chi connectivity index (χ0) is 19.4. The van der Waals surface area contributed by atoms with Crippen LogP contribution in [0.25, 0.3) is 11.3 Å². The van der Waals surface area contributed by atoms with E-state index in [1.165, 1.54) is 24.3 Å². The largest absolute Gasteiger partial charge is 0.326 e. The number of hydrogen-bond donors (Lipinski definition) is 2. The lowest BCUT2D eigenvalue weighted by molar-refractivity contribution is -0.116. The van der Waals surface area contributed by atoms with Crippen LogP contribution < -0.4 is 10.6 Å². The fourth-order valence-corrected chi connectivity index (χ4v) is 3.11. The lowest BCUT2D eigenvalue weighted by atomic mass is 10.1. The summed E-state index contributed by atoms with van der Waals surface area (Å²) in [4.78, 5) is 27.4. The highest BCUT2D eigenvalue weighted by Crippen LogP contribution is 2.26. The Balaban J connectivity index is 1.62. The third kappa shape index (κ3) is 4.95. The predicted octanol–water partition coefficient (Wildman–Crippen LogP) is 4.23. The van der Waals surface area contributed by atoms with Gasteiger partial charge in [-0.05, 0) is 35.9 Å². The zero-order valence-corrected chi connectivity index (χ0v) is 15.1. The van der Waals surface area contributed by atoms with Gasteiger partial charge in [0.25, 0.3) is 0 Å². The molecule has 0 saturated heterocycles. The molecule has 1 heterocycles. The van der Waals surface area contributed by atoms with Crippen molar-refractivity contribution in [2.75, 3.05) is 10.6 Å². The molecule has 5 nitrogen and oxygen atoms in total. The highest BCUT2D eigenvalue weighted by molar-refractivity contribution is 7.14. The number of anilines is 2. The van der Waals surface area contributed by atoms with Gasteiger partial charge >= 0.3 is 0 Å². The minimum atomic E-state index is -0.950. The van der Waals surface area contributed by atoms with E-state index >= 15 is 0 Å². The Hall–Kier alpha value is -3.13. The van der Waals surface area contributed by atoms with Crippen molar-refractivity contribution in [3.63, 3.8) is 0 Å². The molecule has 0 spiro atoms. The number of aromatic nitrogens is 1. The van der Waals surface area contributed by atoms with E-state index in [2.05, 4.69) is 15.6 Å². The monoisotopic (exact) mass is 387 g/mol. The second-order valence-corrected chi connectivity index (χ2v) is 6.63. The molecule has 2 aromatic carbocycles. The van der Waals surface area contributed by atoms with Crippen LogP contribution in [0, 0.1) is 11.6 Å². The smallest absolute Gasteiger partial charge is 0.230 e. The first-order chi connectivity index (χ1) is 12.9. The van der Waals surface area contributed by atoms with Gasteiger partial charge in [0, 0.05) is 23.6 Å². The van der Waals surface area contributed by atoms with Crippen molar-refractivity contribution in [2.24, 2.45) is 0 Å². The molecule has 8 heteroatoms. The molecule has 27 heavy (non-hydrogen) atoms. The second kappa shape index (κ2) is 8.05. The maximum atomic E-state index is 13.3. The number of thiazole rings is 1. The van der Waals surface area contributed by atoms with Gasteiger partial charge in [-0.3, -0.25) is 9.59 Å². The van der Waals surface area contributed by atoms with Gasteiger partial charge in [-0.1, -0.05) is 12.1 Å². The van der Waals surface area contributed by atoms with Crippen LogP contribution >= 0.6 is 11.3 Å². The first kappa shape index (κ1) is 18.7. The fourth-order valence-electron chi connectivity index (χ4n) is 2.38. The lowest BCUT2D eigenvalue weighted by Crippen LogP contribution is -2.14. The molecule has 1 aromatic heterocycles. The summed E-state index contributed by atoms with van der Waals surface area (Å²) in [7, 11) is 0. The summed E-state index contributed by atoms with van der Waals surface area (Å²) < 4.78 is 26.3. The summed E-state index contributed by atoms with van der Waals surface area (Å²) in [6.07, 6.45) is 0.139. The van der Waals surface area contributed by atoms with Crippen LogP contribution in [0.4, 0.5) is 19.6 Å². The molecule has 0 saturated carbocycles. The van der Waals surface area contributed by atoms with E-state index in [0.29, 0.717) is 22.1 Å². The average Bonchev–Trinajstić information content (AvgIpc) is 3.07. The molecule has 0 radical (unpaired) electrons. The molecule has 0 aliphatic rings. The number of amides is 2. The number of halogens is 2. The van der Waals surface area contributed by atoms with Gasteiger partial charge in [0.05, 0.1) is 12.1 Å². The molecule has 0 aliphatic heterocycles. The van der Waals surface area contributed by atoms with Crippen LogP contribution in [-0.4, -0.2) is 16.8 Å². The highest BCUT2D eigenvalue weighted by Gasteiger charge is 2.11. The lowest BCUT2D eigenvalue weighted by Gasteiger charge is -2.05. The molecule has 0 fully saturated rings. The van der Waals surface area contributed by atoms with E-state index in [1.807, 2.05) is 0 Å². The number of nitrogens with zero attached hydrogens (tertiary/aromatic N) is 1. The Bertz CT molecular complexity index is 987. The Morgan fingerprint density at radius 3 is 2.44 bits per heavy atom. The van der Waals surface area contributed by atoms with Crippen molar-refractivity contribution < 1.29 is 18.4 Å². The van der Waals surface area contributed by atoms with Crippen LogP contribution in [0.15, 0.2) is 47.8 Å². The fraction of sp³-hybridized carbons (Fsp3) is 0.105. The SMILES string of the molecule is CC(=O)Nc1ccc(CC(=O)Nc2nc(-c3ccc(F)c(F)c3)cs2)cc1. The van der Waals surface area contributed by atoms with E-state index in [1.54, 1.807) is 29.6 Å². The highest BCUT2D eigenvalue weighted by atomic mass is 32.1. The van der Waals surface area contributed by atoms with Crippen molar-refractivity contribution in [1.82, 2.24) is 4.98 Å². The van der Waals surface area contributed by atoms with Crippen molar-refractivity contribution in [3.8, 4) is 11.3 Å². The van der Waals surface area contributed by atoms with E-state index < -0.39 is 11.6 Å². The van der Waals surface area contributed by atoms with Crippen molar-refractivity contribution in [2.45, 2.75) is 13.3 Å². The number of nitrogens with one attached hydrogen (secondary N) is 2. The van der Waals surface area contributed by atoms with Gasteiger partial charge in [-0.2, -0.15) is 0 Å². The van der Waals surface area contributed by atoms with Crippen LogP contribution in [0.2, 0.25) is 0 Å². The summed E-state index contributed by atoms with van der Waals surface area (Å²) >= 11 is 1.20. The van der Waals surface area contributed by atoms with Gasteiger partial charge in [-0.25, -0.2) is 13.8 Å². The molecule has 0 atom stereocenters. The van der Waals surface area contributed by atoms with Gasteiger partial charge < -0.3 is 10.6 Å². The van der Waals surface area contributed by atoms with E-state index in [-0.39, 0.29) is 18.2 Å². The van der Waals surface area contributed by atoms with Gasteiger partial charge in [0.15, 0.2) is 16.8 Å². The van der Waals surface area contributed by atoms with Crippen LogP contribution in [0.3, 0.4) is 0 Å². The van der Waals surface area contributed by atoms with E-state index in [9.17, 15) is 18.4 Å². The summed E-state index contributed by atoms with van der Waals surface area (Å²) in [5, 5.41) is 7.36. The quantitative estimate of drug-likeness (QED) is 0.688. The number of benzene rings is 2. The molecular weight excluding hydrogens is 372 g/mol. The van der Waals surface area contributed by atoms with Crippen molar-refractivity contribution >= 4 is 34.0 Å². The van der Waals surface area contributed by atoms with Gasteiger partial charge in [-0.15, -0.1) is 11.3 Å². The standard InChI is InChI=1S/C19H15F2N3O2S/c1-11(25)22-14-5-2-12(3-6-14)8-18(26)24-19-23-17(10-27-19)13-4-7-15(20)16(21)9-13/h2-7,9-10H,8H2,1H3,(H,22,25)(H,23,24,26). The predicted molar refractivity (Wildman–Crippen MR) is 101 cm³/mol. The summed E-state index contributed by atoms with van der Waals surface area (Å²) in [6, 6.07) is 10.5. The zero-order valence-electron chi connectivity index (χ0n) is 14.3. The molecule has 3 aromatic rings. The van der Waals surface area contributed by atoms with Crippen LogP contribution in [-0.2, 0) is 16.0 Å². The molecular formula is C19H15F2N3O2S. The third-order valence-corrected chi connectivity index (χ3v) is 4.36. The number of hydrogen-bond acceptors (Lipinski definition) is 4. The Morgan fingerprint density at radius 1 is 1.04 bits per heavy atom. The molecule has 2 amide bonds. The van der Waals surface area contributed by atoms with E-state index in [4.69, 9.17) is 0 Å². The Morgan fingerprint density at radius 2 is 1.78 bits per heavy atom. The molecule has 3 rings (SSSR count). The molecule has 138 valence electrons. The molecule has 2 N–H and O–H groups in total. The van der Waals surface area contributed by atoms with Gasteiger partial charge in [0.1, 0.15) is 0 Å². The number of rotatable bonds is 5. The first-order valence-corrected chi connectivity index (χ1v) is 8.86. The number of carbonyl (C=O) groups is 2. The number of carbonyl (C=O) groups excluding carboxylic acids is 2. The van der Waals surface area contributed by atoms with Crippen LogP contribution in [0.1, 0.15) is 12.5 Å². The molecule has 0 bridgehead atoms. The summed E-state index contributed by atoms with van der Waals surface area (Å²) in [5.74, 6) is -2.30. The Kier molecular flexibility index (Phi) is 5.56. The van der Waals surface area contributed by atoms with Crippen molar-refractivity contribution in [3.05, 3.63) is 65.0 Å².